The van der Waals surface area contributed by atoms with E-state index in [0.29, 0.717) is 5.02 Å². The third-order valence-corrected chi connectivity index (χ3v) is 4.54. The van der Waals surface area contributed by atoms with E-state index in [-0.39, 0.29) is 11.0 Å². The van der Waals surface area contributed by atoms with Crippen molar-refractivity contribution in [3.63, 3.8) is 0 Å². The van der Waals surface area contributed by atoms with Gasteiger partial charge in [-0.25, -0.2) is 0 Å². The molecule has 0 heterocycles. The second-order valence-corrected chi connectivity index (χ2v) is 6.27. The molecule has 0 aromatic heterocycles. The molecule has 1 fully saturated rings. The van der Waals surface area contributed by atoms with Gasteiger partial charge in [0.1, 0.15) is 0 Å². The molecule has 5 heteroatoms. The van der Waals surface area contributed by atoms with Crippen LogP contribution >= 0.6 is 11.6 Å². The van der Waals surface area contributed by atoms with Crippen LogP contribution in [-0.4, -0.2) is 14.5 Å². The predicted molar refractivity (Wildman–Crippen MR) is 66.6 cm³/mol. The van der Waals surface area contributed by atoms with E-state index in [1.54, 1.807) is 12.1 Å². The first-order chi connectivity index (χ1) is 8.08. The minimum atomic E-state index is -3.64. The van der Waals surface area contributed by atoms with Gasteiger partial charge in [-0.1, -0.05) is 30.9 Å². The van der Waals surface area contributed by atoms with Crippen LogP contribution in [0.1, 0.15) is 32.1 Å². The van der Waals surface area contributed by atoms with E-state index in [0.717, 1.165) is 25.7 Å². The first-order valence-electron chi connectivity index (χ1n) is 5.77. The molecule has 0 amide bonds. The SMILES string of the molecule is O=S(=O)(OC1CCCCC1)c1ccc(Cl)cc1. The van der Waals surface area contributed by atoms with Gasteiger partial charge in [0.05, 0.1) is 11.0 Å². The van der Waals surface area contributed by atoms with Gasteiger partial charge in [-0.2, -0.15) is 8.42 Å². The van der Waals surface area contributed by atoms with Crippen LogP contribution in [0.5, 0.6) is 0 Å². The number of benzene rings is 1. The van der Waals surface area contributed by atoms with Crippen molar-refractivity contribution in [2.24, 2.45) is 0 Å². The Kier molecular flexibility index (Phi) is 4.07. The van der Waals surface area contributed by atoms with Gasteiger partial charge >= 0.3 is 0 Å². The summed E-state index contributed by atoms with van der Waals surface area (Å²) in [7, 11) is -3.64. The van der Waals surface area contributed by atoms with E-state index in [2.05, 4.69) is 0 Å². The van der Waals surface area contributed by atoms with Gasteiger partial charge in [-0.15, -0.1) is 0 Å². The van der Waals surface area contributed by atoms with Gasteiger partial charge in [0.2, 0.25) is 0 Å². The normalized spacial score (nSPS) is 18.2. The molecule has 1 aliphatic rings. The Labute approximate surface area is 107 Å². The van der Waals surface area contributed by atoms with Crippen LogP contribution in [0.3, 0.4) is 0 Å². The Morgan fingerprint density at radius 1 is 1.06 bits per heavy atom. The highest BCUT2D eigenvalue weighted by atomic mass is 35.5. The molecule has 1 aliphatic carbocycles. The molecule has 94 valence electrons. The van der Waals surface area contributed by atoms with Crippen molar-refractivity contribution >= 4 is 21.7 Å². The van der Waals surface area contributed by atoms with Crippen molar-refractivity contribution in [1.82, 2.24) is 0 Å². The molecule has 0 bridgehead atoms. The molecule has 1 saturated carbocycles. The quantitative estimate of drug-likeness (QED) is 0.794. The highest BCUT2D eigenvalue weighted by Gasteiger charge is 2.23. The van der Waals surface area contributed by atoms with Crippen molar-refractivity contribution in [3.05, 3.63) is 29.3 Å². The van der Waals surface area contributed by atoms with Crippen LogP contribution in [0, 0.1) is 0 Å². The smallest absolute Gasteiger partial charge is 0.263 e. The lowest BCUT2D eigenvalue weighted by atomic mass is 9.98. The fourth-order valence-electron chi connectivity index (χ4n) is 2.00. The topological polar surface area (TPSA) is 43.4 Å². The zero-order chi connectivity index (χ0) is 12.3. The third kappa shape index (κ3) is 3.44. The van der Waals surface area contributed by atoms with Crippen LogP contribution < -0.4 is 0 Å². The molecule has 0 radical (unpaired) electrons. The summed E-state index contributed by atoms with van der Waals surface area (Å²) in [5.74, 6) is 0. The maximum absolute atomic E-state index is 11.9. The van der Waals surface area contributed by atoms with Crippen LogP contribution in [-0.2, 0) is 14.3 Å². The second kappa shape index (κ2) is 5.38. The lowest BCUT2D eigenvalue weighted by Gasteiger charge is -2.21. The molecular weight excluding hydrogens is 260 g/mol. The molecule has 1 aromatic rings. The van der Waals surface area contributed by atoms with Gasteiger partial charge in [0, 0.05) is 5.02 Å². The Morgan fingerprint density at radius 2 is 1.65 bits per heavy atom. The Bertz CT molecular complexity index is 461. The molecule has 0 atom stereocenters. The van der Waals surface area contributed by atoms with Crippen molar-refractivity contribution in [2.45, 2.75) is 43.1 Å². The summed E-state index contributed by atoms with van der Waals surface area (Å²) in [6, 6.07) is 6.05. The van der Waals surface area contributed by atoms with E-state index >= 15 is 0 Å². The Hall–Kier alpha value is -0.580. The molecule has 0 saturated heterocycles. The summed E-state index contributed by atoms with van der Waals surface area (Å²) in [4.78, 5) is 0.174. The molecule has 0 aliphatic heterocycles. The maximum Gasteiger partial charge on any atom is 0.297 e. The molecule has 1 aromatic carbocycles. The molecule has 0 spiro atoms. The minimum absolute atomic E-state index is 0.163. The average molecular weight is 275 g/mol. The Balaban J connectivity index is 2.10. The summed E-state index contributed by atoms with van der Waals surface area (Å²) in [5, 5.41) is 0.515. The number of halogens is 1. The van der Waals surface area contributed by atoms with Gasteiger partial charge in [-0.05, 0) is 37.1 Å². The van der Waals surface area contributed by atoms with Crippen molar-refractivity contribution < 1.29 is 12.6 Å². The molecule has 0 unspecified atom stereocenters. The number of rotatable bonds is 3. The molecule has 0 N–H and O–H groups in total. The van der Waals surface area contributed by atoms with E-state index in [4.69, 9.17) is 15.8 Å². The van der Waals surface area contributed by atoms with E-state index in [1.807, 2.05) is 0 Å². The van der Waals surface area contributed by atoms with Gasteiger partial charge in [0.15, 0.2) is 0 Å². The minimum Gasteiger partial charge on any atom is -0.263 e. The average Bonchev–Trinajstić information content (AvgIpc) is 2.30. The summed E-state index contributed by atoms with van der Waals surface area (Å²) in [6.07, 6.45) is 4.74. The van der Waals surface area contributed by atoms with Crippen molar-refractivity contribution in [1.29, 1.82) is 0 Å². The van der Waals surface area contributed by atoms with Gasteiger partial charge in [-0.3, -0.25) is 4.18 Å². The fourth-order valence-corrected chi connectivity index (χ4v) is 3.25. The summed E-state index contributed by atoms with van der Waals surface area (Å²) in [5.41, 5.74) is 0. The summed E-state index contributed by atoms with van der Waals surface area (Å²) in [6.45, 7) is 0. The molecular formula is C12H15ClO3S. The van der Waals surface area contributed by atoms with Crippen LogP contribution in [0.25, 0.3) is 0 Å². The number of hydrogen-bond acceptors (Lipinski definition) is 3. The third-order valence-electron chi connectivity index (χ3n) is 2.92. The zero-order valence-corrected chi connectivity index (χ0v) is 11.0. The fraction of sp³-hybridized carbons (Fsp3) is 0.500. The summed E-state index contributed by atoms with van der Waals surface area (Å²) < 4.78 is 29.1. The first-order valence-corrected chi connectivity index (χ1v) is 7.55. The van der Waals surface area contributed by atoms with Crippen LogP contribution in [0.15, 0.2) is 29.2 Å². The number of hydrogen-bond donors (Lipinski definition) is 0. The van der Waals surface area contributed by atoms with E-state index in [9.17, 15) is 8.42 Å². The van der Waals surface area contributed by atoms with Gasteiger partial charge in [0.25, 0.3) is 10.1 Å². The predicted octanol–water partition coefficient (Wildman–Crippen LogP) is 3.38. The van der Waals surface area contributed by atoms with Crippen molar-refractivity contribution in [3.8, 4) is 0 Å². The van der Waals surface area contributed by atoms with E-state index in [1.165, 1.54) is 18.6 Å². The largest absolute Gasteiger partial charge is 0.297 e. The zero-order valence-electron chi connectivity index (χ0n) is 9.43. The van der Waals surface area contributed by atoms with Crippen LogP contribution in [0.2, 0.25) is 5.02 Å². The highest BCUT2D eigenvalue weighted by Crippen LogP contribution is 2.25. The maximum atomic E-state index is 11.9. The second-order valence-electron chi connectivity index (χ2n) is 4.26. The van der Waals surface area contributed by atoms with E-state index < -0.39 is 10.1 Å². The first kappa shape index (κ1) is 12.9. The van der Waals surface area contributed by atoms with Crippen LogP contribution in [0.4, 0.5) is 0 Å². The lowest BCUT2D eigenvalue weighted by molar-refractivity contribution is 0.162. The van der Waals surface area contributed by atoms with Crippen molar-refractivity contribution in [2.75, 3.05) is 0 Å². The standard InChI is InChI=1S/C12H15ClO3S/c13-10-6-8-12(9-7-10)17(14,15)16-11-4-2-1-3-5-11/h6-9,11H,1-5H2. The molecule has 17 heavy (non-hydrogen) atoms. The highest BCUT2D eigenvalue weighted by molar-refractivity contribution is 7.86. The van der Waals surface area contributed by atoms with Gasteiger partial charge < -0.3 is 0 Å². The summed E-state index contributed by atoms with van der Waals surface area (Å²) >= 11 is 5.72. The Morgan fingerprint density at radius 3 is 2.24 bits per heavy atom. The monoisotopic (exact) mass is 274 g/mol. The lowest BCUT2D eigenvalue weighted by Crippen LogP contribution is -2.21. The molecule has 3 nitrogen and oxygen atoms in total. The molecule has 2 rings (SSSR count).